The maximum Gasteiger partial charge on any atom is 0.338 e. The zero-order valence-electron chi connectivity index (χ0n) is 10.8. The van der Waals surface area contributed by atoms with Crippen LogP contribution in [0.1, 0.15) is 16.1 Å². The molecule has 0 bridgehead atoms. The number of ether oxygens (including phenoxy) is 1. The van der Waals surface area contributed by atoms with Crippen molar-refractivity contribution in [1.82, 2.24) is 5.32 Å². The Balaban J connectivity index is 1.80. The molecule has 0 saturated heterocycles. The second-order valence-electron chi connectivity index (χ2n) is 4.06. The van der Waals surface area contributed by atoms with Crippen molar-refractivity contribution in [3.63, 3.8) is 0 Å². The third kappa shape index (κ3) is 4.32. The molecule has 1 amide bonds. The number of furan rings is 1. The van der Waals surface area contributed by atoms with Gasteiger partial charge in [0.1, 0.15) is 11.6 Å². The number of esters is 1. The van der Waals surface area contributed by atoms with E-state index in [1.165, 1.54) is 12.3 Å². The van der Waals surface area contributed by atoms with E-state index in [4.69, 9.17) is 20.8 Å². The average Bonchev–Trinajstić information content (AvgIpc) is 2.98. The summed E-state index contributed by atoms with van der Waals surface area (Å²) in [7, 11) is 0. The van der Waals surface area contributed by atoms with E-state index in [1.54, 1.807) is 12.1 Å². The van der Waals surface area contributed by atoms with Gasteiger partial charge in [-0.1, -0.05) is 11.6 Å². The summed E-state index contributed by atoms with van der Waals surface area (Å²) < 4.78 is 22.8. The van der Waals surface area contributed by atoms with Gasteiger partial charge in [-0.25, -0.2) is 9.18 Å². The highest BCUT2D eigenvalue weighted by Crippen LogP contribution is 2.16. The second-order valence-corrected chi connectivity index (χ2v) is 4.47. The van der Waals surface area contributed by atoms with E-state index >= 15 is 0 Å². The number of hydrogen-bond acceptors (Lipinski definition) is 4. The molecular weight excluding hydrogens is 301 g/mol. The van der Waals surface area contributed by atoms with E-state index in [0.717, 1.165) is 12.1 Å². The molecule has 0 aliphatic carbocycles. The first-order chi connectivity index (χ1) is 10.1. The van der Waals surface area contributed by atoms with E-state index in [2.05, 4.69) is 5.32 Å². The number of halogens is 2. The summed E-state index contributed by atoms with van der Waals surface area (Å²) in [6, 6.07) is 6.81. The van der Waals surface area contributed by atoms with Gasteiger partial charge < -0.3 is 14.5 Å². The highest BCUT2D eigenvalue weighted by Gasteiger charge is 2.12. The number of carbonyl (C=O) groups excluding carboxylic acids is 2. The Morgan fingerprint density at radius 1 is 1.33 bits per heavy atom. The first-order valence-corrected chi connectivity index (χ1v) is 6.35. The van der Waals surface area contributed by atoms with Gasteiger partial charge in [-0.3, -0.25) is 4.79 Å². The third-order valence-electron chi connectivity index (χ3n) is 2.53. The standard InChI is InChI=1S/C14H11ClFNO4/c15-11-6-9(3-4-12(11)16)14(19)21-8-13(18)17-7-10-2-1-5-20-10/h1-6H,7-8H2,(H,17,18). The minimum absolute atomic E-state index is 0.0697. The Hall–Kier alpha value is -2.34. The number of rotatable bonds is 5. The number of carbonyl (C=O) groups is 2. The number of benzene rings is 1. The lowest BCUT2D eigenvalue weighted by Crippen LogP contribution is -2.28. The van der Waals surface area contributed by atoms with Gasteiger partial charge in [0, 0.05) is 0 Å². The summed E-state index contributed by atoms with van der Waals surface area (Å²) in [5, 5.41) is 2.33. The molecule has 0 radical (unpaired) electrons. The van der Waals surface area contributed by atoms with Gasteiger partial charge >= 0.3 is 5.97 Å². The maximum absolute atomic E-state index is 13.0. The minimum Gasteiger partial charge on any atom is -0.467 e. The first-order valence-electron chi connectivity index (χ1n) is 5.97. The Labute approximate surface area is 124 Å². The number of amides is 1. The maximum atomic E-state index is 13.0. The molecule has 0 aliphatic heterocycles. The Morgan fingerprint density at radius 3 is 2.81 bits per heavy atom. The van der Waals surface area contributed by atoms with E-state index < -0.39 is 24.3 Å². The molecule has 1 aromatic carbocycles. The van der Waals surface area contributed by atoms with Crippen LogP contribution in [-0.4, -0.2) is 18.5 Å². The summed E-state index contributed by atoms with van der Waals surface area (Å²) >= 11 is 5.55. The smallest absolute Gasteiger partial charge is 0.338 e. The Kier molecular flexibility index (Phi) is 4.94. The van der Waals surface area contributed by atoms with Gasteiger partial charge in [-0.15, -0.1) is 0 Å². The van der Waals surface area contributed by atoms with Crippen LogP contribution in [0.2, 0.25) is 5.02 Å². The normalized spacial score (nSPS) is 10.2. The number of hydrogen-bond donors (Lipinski definition) is 1. The summed E-state index contributed by atoms with van der Waals surface area (Å²) in [5.74, 6) is -1.29. The van der Waals surface area contributed by atoms with Crippen molar-refractivity contribution in [3.8, 4) is 0 Å². The largest absolute Gasteiger partial charge is 0.467 e. The molecule has 1 N–H and O–H groups in total. The van der Waals surface area contributed by atoms with E-state index in [-0.39, 0.29) is 17.1 Å². The molecule has 5 nitrogen and oxygen atoms in total. The highest BCUT2D eigenvalue weighted by molar-refractivity contribution is 6.31. The van der Waals surface area contributed by atoms with Crippen molar-refractivity contribution in [3.05, 3.63) is 58.8 Å². The van der Waals surface area contributed by atoms with Crippen LogP contribution >= 0.6 is 11.6 Å². The van der Waals surface area contributed by atoms with Crippen molar-refractivity contribution in [2.75, 3.05) is 6.61 Å². The molecule has 7 heteroatoms. The van der Waals surface area contributed by atoms with Crippen LogP contribution in [0.5, 0.6) is 0 Å². The summed E-state index contributed by atoms with van der Waals surface area (Å²) in [4.78, 5) is 23.1. The molecule has 0 atom stereocenters. The van der Waals surface area contributed by atoms with Crippen LogP contribution in [0.15, 0.2) is 41.0 Å². The fourth-order valence-electron chi connectivity index (χ4n) is 1.49. The predicted octanol–water partition coefficient (Wildman–Crippen LogP) is 2.55. The molecule has 1 heterocycles. The lowest BCUT2D eigenvalue weighted by Gasteiger charge is -2.06. The Bertz CT molecular complexity index is 642. The van der Waals surface area contributed by atoms with Crippen molar-refractivity contribution in [2.24, 2.45) is 0 Å². The fourth-order valence-corrected chi connectivity index (χ4v) is 1.67. The third-order valence-corrected chi connectivity index (χ3v) is 2.82. The average molecular weight is 312 g/mol. The molecule has 0 fully saturated rings. The van der Waals surface area contributed by atoms with Crippen molar-refractivity contribution in [1.29, 1.82) is 0 Å². The molecule has 2 aromatic rings. The summed E-state index contributed by atoms with van der Waals surface area (Å²) in [5.41, 5.74) is 0.0697. The van der Waals surface area contributed by atoms with Crippen molar-refractivity contribution < 1.29 is 23.1 Å². The van der Waals surface area contributed by atoms with E-state index in [0.29, 0.717) is 5.76 Å². The monoisotopic (exact) mass is 311 g/mol. The van der Waals surface area contributed by atoms with Crippen LogP contribution in [0.3, 0.4) is 0 Å². The zero-order chi connectivity index (χ0) is 15.2. The highest BCUT2D eigenvalue weighted by atomic mass is 35.5. The van der Waals surface area contributed by atoms with Gasteiger partial charge in [-0.2, -0.15) is 0 Å². The van der Waals surface area contributed by atoms with E-state index in [9.17, 15) is 14.0 Å². The molecule has 0 spiro atoms. The van der Waals surface area contributed by atoms with Gasteiger partial charge in [0.05, 0.1) is 23.4 Å². The second kappa shape index (κ2) is 6.90. The lowest BCUT2D eigenvalue weighted by atomic mass is 10.2. The van der Waals surface area contributed by atoms with E-state index in [1.807, 2.05) is 0 Å². The van der Waals surface area contributed by atoms with Crippen LogP contribution in [0, 0.1) is 5.82 Å². The summed E-state index contributed by atoms with van der Waals surface area (Å²) in [6.07, 6.45) is 1.49. The molecular formula is C14H11ClFNO4. The fraction of sp³-hybridized carbons (Fsp3) is 0.143. The van der Waals surface area contributed by atoms with Gasteiger partial charge in [-0.05, 0) is 30.3 Å². The molecule has 0 aliphatic rings. The SMILES string of the molecule is O=C(COC(=O)c1ccc(F)c(Cl)c1)NCc1ccco1. The van der Waals surface area contributed by atoms with Gasteiger partial charge in [0.25, 0.3) is 5.91 Å². The quantitative estimate of drug-likeness (QED) is 0.862. The molecule has 1 aromatic heterocycles. The summed E-state index contributed by atoms with van der Waals surface area (Å²) in [6.45, 7) is -0.250. The van der Waals surface area contributed by atoms with Crippen LogP contribution in [-0.2, 0) is 16.1 Å². The zero-order valence-corrected chi connectivity index (χ0v) is 11.5. The van der Waals surface area contributed by atoms with Crippen LogP contribution < -0.4 is 5.32 Å². The van der Waals surface area contributed by atoms with Crippen LogP contribution in [0.4, 0.5) is 4.39 Å². The van der Waals surface area contributed by atoms with Gasteiger partial charge in [0.2, 0.25) is 0 Å². The predicted molar refractivity (Wildman–Crippen MR) is 72.2 cm³/mol. The topological polar surface area (TPSA) is 68.5 Å². The molecule has 0 saturated carbocycles. The number of nitrogens with one attached hydrogen (secondary N) is 1. The van der Waals surface area contributed by atoms with Gasteiger partial charge in [0.15, 0.2) is 6.61 Å². The van der Waals surface area contributed by atoms with Crippen molar-refractivity contribution >= 4 is 23.5 Å². The minimum atomic E-state index is -0.759. The molecule has 2 rings (SSSR count). The molecule has 110 valence electrons. The van der Waals surface area contributed by atoms with Crippen LogP contribution in [0.25, 0.3) is 0 Å². The molecule has 0 unspecified atom stereocenters. The Morgan fingerprint density at radius 2 is 2.14 bits per heavy atom. The first kappa shape index (κ1) is 15.1. The van der Waals surface area contributed by atoms with Crippen molar-refractivity contribution in [2.45, 2.75) is 6.54 Å². The lowest BCUT2D eigenvalue weighted by molar-refractivity contribution is -0.124. The molecule has 21 heavy (non-hydrogen) atoms.